The van der Waals surface area contributed by atoms with Gasteiger partial charge in [-0.05, 0) is 59.0 Å². The van der Waals surface area contributed by atoms with Crippen LogP contribution in [0, 0.1) is 0 Å². The van der Waals surface area contributed by atoms with Crippen molar-refractivity contribution in [2.24, 2.45) is 0 Å². The van der Waals surface area contributed by atoms with E-state index in [1.807, 2.05) is 19.0 Å². The fourth-order valence-electron chi connectivity index (χ4n) is 9.27. The van der Waals surface area contributed by atoms with Crippen molar-refractivity contribution in [3.05, 3.63) is 57.6 Å². The van der Waals surface area contributed by atoms with E-state index in [9.17, 15) is 39.6 Å². The van der Waals surface area contributed by atoms with Crippen LogP contribution in [0.15, 0.2) is 24.3 Å². The number of carbonyl (C=O) groups excluding carboxylic acids is 4. The second kappa shape index (κ2) is 16.3. The summed E-state index contributed by atoms with van der Waals surface area (Å²) < 4.78 is 42.6. The number of fused-ring (bicyclic) bond motifs is 3. The summed E-state index contributed by atoms with van der Waals surface area (Å²) >= 11 is 0. The first-order valence-electron chi connectivity index (χ1n) is 19.9. The van der Waals surface area contributed by atoms with Gasteiger partial charge >= 0.3 is 5.97 Å². The standard InChI is InChI=1S/C42H53NO15/c1-8-42(51)17-28(33-22(35(42)41(50)52-7)14-23-34(38(33)49)37(48)32-21(36(23)47)10-9-11-26(32)45)56-30-15-24(43(5)6)39(19(3)54-30)58-31-16-27(46)40(20(4)55-31)57-29-13-12-25(44)18(2)53-29/h9-11,14,18-20,24,27-31,35,39-40,45-46,49,51H,8,12-13,15-17H2,1-7H3/t18?,19?,20?,24?,27?,28?,29?,30?,31?,35?,39?,40?,42-/m0/s1. The number of aliphatic hydroxyl groups is 2. The lowest BCUT2D eigenvalue weighted by Gasteiger charge is -2.48. The highest BCUT2D eigenvalue weighted by molar-refractivity contribution is 6.30. The first-order valence-corrected chi connectivity index (χ1v) is 19.9. The zero-order valence-corrected chi connectivity index (χ0v) is 33.7. The smallest absolute Gasteiger partial charge is 0.316 e. The van der Waals surface area contributed by atoms with Gasteiger partial charge in [0.1, 0.15) is 35.7 Å². The predicted octanol–water partition coefficient (Wildman–Crippen LogP) is 3.16. The second-order valence-corrected chi connectivity index (χ2v) is 16.3. The molecule has 3 heterocycles. The minimum absolute atomic E-state index is 0.00573. The molecule has 3 saturated heterocycles. The van der Waals surface area contributed by atoms with Gasteiger partial charge in [0.25, 0.3) is 0 Å². The van der Waals surface area contributed by atoms with Crippen LogP contribution in [0.2, 0.25) is 0 Å². The Balaban J connectivity index is 1.13. The number of phenolic OH excluding ortho intramolecular Hbond substituents is 2. The number of likely N-dealkylation sites (N-methyl/N-ethyl adjacent to an activating group) is 1. The third kappa shape index (κ3) is 7.47. The molecule has 7 rings (SSSR count). The lowest BCUT2D eigenvalue weighted by atomic mass is 9.67. The van der Waals surface area contributed by atoms with Crippen LogP contribution in [0.1, 0.15) is 121 Å². The molecule has 316 valence electrons. The van der Waals surface area contributed by atoms with Crippen LogP contribution in [-0.2, 0) is 42.7 Å². The summed E-state index contributed by atoms with van der Waals surface area (Å²) in [5, 5.41) is 45.9. The third-order valence-corrected chi connectivity index (χ3v) is 12.4. The molecule has 0 aromatic heterocycles. The number of benzene rings is 2. The van der Waals surface area contributed by atoms with E-state index in [4.69, 9.17) is 33.2 Å². The molecule has 13 atom stereocenters. The average Bonchev–Trinajstić information content (AvgIpc) is 3.17. The number of methoxy groups -OCH3 is 1. The molecule has 3 fully saturated rings. The molecule has 4 N–H and O–H groups in total. The normalized spacial score (nSPS) is 36.3. The number of aromatic hydroxyl groups is 2. The molecule has 0 amide bonds. The van der Waals surface area contributed by atoms with Crippen LogP contribution in [0.4, 0.5) is 0 Å². The third-order valence-electron chi connectivity index (χ3n) is 12.4. The average molecular weight is 812 g/mol. The molecule has 0 radical (unpaired) electrons. The predicted molar refractivity (Wildman–Crippen MR) is 201 cm³/mol. The Bertz CT molecular complexity index is 1940. The number of hydrogen-bond acceptors (Lipinski definition) is 16. The fraction of sp³-hybridized carbons (Fsp3) is 0.619. The maximum atomic E-state index is 13.9. The van der Waals surface area contributed by atoms with Crippen molar-refractivity contribution in [3.8, 4) is 11.5 Å². The van der Waals surface area contributed by atoms with E-state index < -0.39 is 102 Å². The topological polar surface area (TPSA) is 217 Å². The fourth-order valence-corrected chi connectivity index (χ4v) is 9.27. The van der Waals surface area contributed by atoms with Crippen LogP contribution < -0.4 is 0 Å². The Kier molecular flexibility index (Phi) is 11.9. The van der Waals surface area contributed by atoms with E-state index in [1.54, 1.807) is 27.7 Å². The van der Waals surface area contributed by atoms with Crippen molar-refractivity contribution < 1.29 is 72.8 Å². The van der Waals surface area contributed by atoms with Crippen molar-refractivity contribution in [2.45, 2.75) is 145 Å². The maximum absolute atomic E-state index is 13.9. The number of phenols is 2. The van der Waals surface area contributed by atoms with Crippen LogP contribution in [-0.4, -0.2) is 137 Å². The van der Waals surface area contributed by atoms with Gasteiger partial charge in [0.05, 0.1) is 48.3 Å². The molecule has 0 bridgehead atoms. The van der Waals surface area contributed by atoms with E-state index in [0.29, 0.717) is 12.8 Å². The Labute approximate surface area is 336 Å². The van der Waals surface area contributed by atoms with Gasteiger partial charge in [-0.25, -0.2) is 0 Å². The van der Waals surface area contributed by atoms with Crippen molar-refractivity contribution in [1.82, 2.24) is 4.90 Å². The minimum Gasteiger partial charge on any atom is -0.507 e. The summed E-state index contributed by atoms with van der Waals surface area (Å²) in [4.78, 5) is 55.0. The van der Waals surface area contributed by atoms with Gasteiger partial charge in [-0.2, -0.15) is 0 Å². The van der Waals surface area contributed by atoms with Crippen molar-refractivity contribution in [1.29, 1.82) is 0 Å². The molecular formula is C42H53NO15. The highest BCUT2D eigenvalue weighted by Gasteiger charge is 2.53. The zero-order valence-electron chi connectivity index (χ0n) is 33.7. The molecule has 2 aromatic carbocycles. The van der Waals surface area contributed by atoms with Crippen molar-refractivity contribution in [3.63, 3.8) is 0 Å². The lowest BCUT2D eigenvalue weighted by molar-refractivity contribution is -0.324. The van der Waals surface area contributed by atoms with Gasteiger partial charge in [-0.15, -0.1) is 0 Å². The molecule has 5 aliphatic rings. The highest BCUT2D eigenvalue weighted by Crippen LogP contribution is 2.54. The van der Waals surface area contributed by atoms with Gasteiger partial charge in [-0.1, -0.05) is 19.1 Å². The van der Waals surface area contributed by atoms with E-state index in [2.05, 4.69) is 0 Å². The molecular weight excluding hydrogens is 758 g/mol. The Morgan fingerprint density at radius 2 is 1.57 bits per heavy atom. The Hall–Kier alpha value is -3.84. The molecule has 12 unspecified atom stereocenters. The van der Waals surface area contributed by atoms with Crippen molar-refractivity contribution >= 4 is 23.3 Å². The van der Waals surface area contributed by atoms with Gasteiger partial charge in [0.15, 0.2) is 30.4 Å². The molecule has 16 heteroatoms. The first-order chi connectivity index (χ1) is 27.5. The van der Waals surface area contributed by atoms with E-state index in [0.717, 1.165) is 0 Å². The largest absolute Gasteiger partial charge is 0.507 e. The van der Waals surface area contributed by atoms with Gasteiger partial charge < -0.3 is 58.5 Å². The molecule has 3 aliphatic heterocycles. The van der Waals surface area contributed by atoms with Gasteiger partial charge in [-0.3, -0.25) is 19.2 Å². The summed E-state index contributed by atoms with van der Waals surface area (Å²) in [6.45, 7) is 6.95. The lowest BCUT2D eigenvalue weighted by Crippen LogP contribution is -2.58. The minimum atomic E-state index is -1.76. The molecule has 0 spiro atoms. The summed E-state index contributed by atoms with van der Waals surface area (Å²) in [6, 6.07) is 5.11. The summed E-state index contributed by atoms with van der Waals surface area (Å²) in [6.07, 6.45) is -6.64. The number of ketones is 3. The number of ether oxygens (including phenoxy) is 7. The SMILES string of the molecule is CC[C@]1(O)CC(OC2CC(N(C)C)C(OC3CC(O)C(OC4CCC(=O)C(C)O4)C(C)O3)C(C)O2)c2c(cc3c(c2O)C(=O)c2c(O)cccc2C3=O)C1C(=O)OC. The van der Waals surface area contributed by atoms with E-state index in [1.165, 1.54) is 31.4 Å². The van der Waals surface area contributed by atoms with Crippen LogP contribution in [0.5, 0.6) is 11.5 Å². The highest BCUT2D eigenvalue weighted by atomic mass is 16.7. The molecule has 0 saturated carbocycles. The number of carbonyl (C=O) groups is 4. The van der Waals surface area contributed by atoms with Crippen LogP contribution in [0.25, 0.3) is 0 Å². The number of rotatable bonds is 9. The van der Waals surface area contributed by atoms with E-state index >= 15 is 0 Å². The molecule has 2 aromatic rings. The second-order valence-electron chi connectivity index (χ2n) is 16.3. The molecule has 2 aliphatic carbocycles. The molecule has 58 heavy (non-hydrogen) atoms. The first kappa shape index (κ1) is 42.3. The van der Waals surface area contributed by atoms with Crippen LogP contribution in [0.3, 0.4) is 0 Å². The Morgan fingerprint density at radius 1 is 0.897 bits per heavy atom. The maximum Gasteiger partial charge on any atom is 0.316 e. The van der Waals surface area contributed by atoms with E-state index in [-0.39, 0.29) is 70.9 Å². The monoisotopic (exact) mass is 811 g/mol. The quantitative estimate of drug-likeness (QED) is 0.228. The number of esters is 1. The van der Waals surface area contributed by atoms with Crippen LogP contribution >= 0.6 is 0 Å². The van der Waals surface area contributed by atoms with Gasteiger partial charge in [0.2, 0.25) is 5.78 Å². The molecule has 16 nitrogen and oxygen atoms in total. The summed E-state index contributed by atoms with van der Waals surface area (Å²) in [5.74, 6) is -4.59. The van der Waals surface area contributed by atoms with Crippen molar-refractivity contribution in [2.75, 3.05) is 21.2 Å². The summed E-state index contributed by atoms with van der Waals surface area (Å²) in [5.41, 5.74) is -2.49. The summed E-state index contributed by atoms with van der Waals surface area (Å²) in [7, 11) is 4.91. The van der Waals surface area contributed by atoms with Gasteiger partial charge in [0, 0.05) is 54.8 Å². The zero-order chi connectivity index (χ0) is 42.0. The number of aliphatic hydroxyl groups excluding tert-OH is 1. The number of hydrogen-bond donors (Lipinski definition) is 4. The Morgan fingerprint density at radius 3 is 2.21 bits per heavy atom. The number of Topliss-reactive ketones (excluding diaryl/α,β-unsaturated/α-hetero) is 1. The number of nitrogens with zero attached hydrogens (tertiary/aromatic N) is 1.